The molecule has 0 aliphatic rings. The molecule has 0 aliphatic carbocycles. The largest absolute Gasteiger partial charge is 0.369 e. The van der Waals surface area contributed by atoms with Crippen molar-refractivity contribution < 1.29 is 4.79 Å². The molecule has 1 aromatic heterocycles. The highest BCUT2D eigenvalue weighted by atomic mass is 35.5. The second-order valence-corrected chi connectivity index (χ2v) is 8.04. The number of carbonyl (C=O) groups is 1. The number of allylic oxidation sites excluding steroid dienone is 1. The third-order valence-electron chi connectivity index (χ3n) is 4.00. The number of rotatable bonds is 10. The first-order valence-corrected chi connectivity index (χ1v) is 11.0. The normalized spacial score (nSPS) is 11.3. The van der Waals surface area contributed by atoms with Crippen LogP contribution in [0.1, 0.15) is 5.56 Å². The number of anilines is 3. The fourth-order valence-corrected chi connectivity index (χ4v) is 3.89. The van der Waals surface area contributed by atoms with Crippen molar-refractivity contribution in [3.63, 3.8) is 0 Å². The van der Waals surface area contributed by atoms with Gasteiger partial charge in [-0.2, -0.15) is 16.7 Å². The van der Waals surface area contributed by atoms with Gasteiger partial charge in [-0.25, -0.2) is 4.98 Å². The van der Waals surface area contributed by atoms with E-state index in [0.717, 1.165) is 5.75 Å². The molecule has 0 aliphatic heterocycles. The van der Waals surface area contributed by atoms with E-state index in [2.05, 4.69) is 15.5 Å². The summed E-state index contributed by atoms with van der Waals surface area (Å²) in [6.07, 6.45) is 5.31. The van der Waals surface area contributed by atoms with Crippen LogP contribution < -0.4 is 10.2 Å². The van der Waals surface area contributed by atoms with Crippen LogP contribution in [0.5, 0.6) is 0 Å². The van der Waals surface area contributed by atoms with Gasteiger partial charge in [0, 0.05) is 17.9 Å². The number of nitrogens with one attached hydrogen (secondary N) is 1. The summed E-state index contributed by atoms with van der Waals surface area (Å²) in [6, 6.07) is 5.01. The predicted octanol–water partition coefficient (Wildman–Crippen LogP) is 6.11. The van der Waals surface area contributed by atoms with Gasteiger partial charge in [-0.15, -0.1) is 0 Å². The lowest BCUT2D eigenvalue weighted by molar-refractivity contribution is -0.104. The van der Waals surface area contributed by atoms with Crippen LogP contribution in [0.25, 0.3) is 0 Å². The number of nitroso groups, excluding NO2 is 1. The fraction of sp³-hybridized carbons (Fsp3) is 0.263. The number of para-hydroxylation sites is 1. The highest BCUT2D eigenvalue weighted by molar-refractivity contribution is 7.98. The summed E-state index contributed by atoms with van der Waals surface area (Å²) >= 11 is 21.1. The van der Waals surface area contributed by atoms with Crippen molar-refractivity contribution in [1.29, 1.82) is 0 Å². The summed E-state index contributed by atoms with van der Waals surface area (Å²) < 4.78 is 0. The first-order valence-electron chi connectivity index (χ1n) is 8.51. The second kappa shape index (κ2) is 11.4. The van der Waals surface area contributed by atoms with E-state index < -0.39 is 0 Å². The number of hydrogen-bond donors (Lipinski definition) is 1. The van der Waals surface area contributed by atoms with Crippen LogP contribution in [0.3, 0.4) is 0 Å². The third-order valence-corrected chi connectivity index (χ3v) is 5.50. The molecule has 6 nitrogen and oxygen atoms in total. The molecule has 0 fully saturated rings. The minimum atomic E-state index is -0.284. The number of aldehydes is 1. The van der Waals surface area contributed by atoms with Crippen LogP contribution in [0, 0.1) is 11.8 Å². The van der Waals surface area contributed by atoms with E-state index in [-0.39, 0.29) is 12.2 Å². The van der Waals surface area contributed by atoms with Crippen LogP contribution in [0.2, 0.25) is 15.1 Å². The highest BCUT2D eigenvalue weighted by Gasteiger charge is 2.25. The molecule has 10 heteroatoms. The zero-order valence-corrected chi connectivity index (χ0v) is 18.9. The zero-order valence-electron chi connectivity index (χ0n) is 15.8. The molecule has 0 atom stereocenters. The van der Waals surface area contributed by atoms with Crippen molar-refractivity contribution in [2.75, 3.05) is 35.3 Å². The lowest BCUT2D eigenvalue weighted by Gasteiger charge is -2.30. The Hall–Kier alpha value is -1.80. The lowest BCUT2D eigenvalue weighted by Crippen LogP contribution is -2.22. The van der Waals surface area contributed by atoms with Gasteiger partial charge in [-0.1, -0.05) is 46.0 Å². The minimum Gasteiger partial charge on any atom is -0.369 e. The van der Waals surface area contributed by atoms with E-state index in [1.54, 1.807) is 34.9 Å². The summed E-state index contributed by atoms with van der Waals surface area (Å²) in [5.74, 6) is 1.51. The Kier molecular flexibility index (Phi) is 9.23. The molecule has 0 amide bonds. The molecular weight excluding hydrogens is 455 g/mol. The van der Waals surface area contributed by atoms with E-state index in [1.165, 1.54) is 12.3 Å². The van der Waals surface area contributed by atoms with Crippen LogP contribution >= 0.6 is 46.6 Å². The Balaban J connectivity index is 2.75. The van der Waals surface area contributed by atoms with Gasteiger partial charge >= 0.3 is 0 Å². The molecule has 0 saturated carbocycles. The second-order valence-electron chi connectivity index (χ2n) is 5.83. The average molecular weight is 474 g/mol. The van der Waals surface area contributed by atoms with Gasteiger partial charge in [0.05, 0.1) is 38.3 Å². The van der Waals surface area contributed by atoms with Crippen LogP contribution in [-0.4, -0.2) is 36.4 Å². The Labute approximate surface area is 188 Å². The molecule has 2 rings (SSSR count). The molecule has 1 aromatic carbocycles. The van der Waals surface area contributed by atoms with Gasteiger partial charge < -0.3 is 10.2 Å². The molecule has 0 bridgehead atoms. The van der Waals surface area contributed by atoms with Crippen LogP contribution in [0.4, 0.5) is 17.2 Å². The van der Waals surface area contributed by atoms with E-state index in [0.29, 0.717) is 50.7 Å². The third kappa shape index (κ3) is 5.63. The zero-order chi connectivity index (χ0) is 21.4. The van der Waals surface area contributed by atoms with Gasteiger partial charge in [0.15, 0.2) is 0 Å². The molecule has 2 aromatic rings. The molecular formula is C19H19Cl3N4O2S. The molecule has 1 N–H and O–H groups in total. The number of benzene rings is 1. The number of aromatic nitrogens is 1. The minimum absolute atomic E-state index is 0.274. The van der Waals surface area contributed by atoms with Crippen molar-refractivity contribution >= 4 is 70.0 Å². The number of carbonyl (C=O) groups excluding carboxylic acids is 1. The van der Waals surface area contributed by atoms with Gasteiger partial charge in [0.1, 0.15) is 18.6 Å². The van der Waals surface area contributed by atoms with Crippen molar-refractivity contribution in [2.24, 2.45) is 5.18 Å². The van der Waals surface area contributed by atoms with Crippen molar-refractivity contribution in [1.82, 2.24) is 4.98 Å². The number of thioether (sulfide) groups is 1. The lowest BCUT2D eigenvalue weighted by atomic mass is 10.1. The topological polar surface area (TPSA) is 74.7 Å². The average Bonchev–Trinajstić information content (AvgIpc) is 2.68. The van der Waals surface area contributed by atoms with Crippen LogP contribution in [0.15, 0.2) is 41.3 Å². The summed E-state index contributed by atoms with van der Waals surface area (Å²) in [5, 5.41) is 7.16. The first-order chi connectivity index (χ1) is 14.0. The number of nitrogens with zero attached hydrogens (tertiary/aromatic N) is 3. The maximum absolute atomic E-state index is 11.3. The smallest absolute Gasteiger partial charge is 0.144 e. The summed E-state index contributed by atoms with van der Waals surface area (Å²) in [4.78, 5) is 28.3. The monoisotopic (exact) mass is 472 g/mol. The van der Waals surface area contributed by atoms with Crippen molar-refractivity contribution in [3.8, 4) is 0 Å². The number of halogens is 3. The van der Waals surface area contributed by atoms with Crippen molar-refractivity contribution in [3.05, 3.63) is 61.7 Å². The summed E-state index contributed by atoms with van der Waals surface area (Å²) in [5.41, 5.74) is 1.87. The maximum atomic E-state index is 11.3. The highest BCUT2D eigenvalue weighted by Crippen LogP contribution is 2.45. The van der Waals surface area contributed by atoms with Crippen LogP contribution in [-0.2, 0) is 4.79 Å². The van der Waals surface area contributed by atoms with Gasteiger partial charge in [-0.3, -0.25) is 4.79 Å². The molecule has 1 heterocycles. The Morgan fingerprint density at radius 1 is 1.24 bits per heavy atom. The van der Waals surface area contributed by atoms with E-state index in [9.17, 15) is 9.70 Å². The Morgan fingerprint density at radius 2 is 1.93 bits per heavy atom. The number of hydrogen-bond acceptors (Lipinski definition) is 7. The van der Waals surface area contributed by atoms with Crippen molar-refractivity contribution in [2.45, 2.75) is 6.92 Å². The van der Waals surface area contributed by atoms with E-state index in [4.69, 9.17) is 34.8 Å². The maximum Gasteiger partial charge on any atom is 0.144 e. The fourth-order valence-electron chi connectivity index (χ4n) is 2.74. The Bertz CT molecular complexity index is 904. The van der Waals surface area contributed by atoms with Gasteiger partial charge in [0.2, 0.25) is 0 Å². The molecule has 154 valence electrons. The molecule has 0 saturated heterocycles. The van der Waals surface area contributed by atoms with E-state index in [1.807, 2.05) is 13.2 Å². The summed E-state index contributed by atoms with van der Waals surface area (Å²) in [7, 11) is 0. The summed E-state index contributed by atoms with van der Waals surface area (Å²) in [6.45, 7) is 2.25. The predicted molar refractivity (Wildman–Crippen MR) is 124 cm³/mol. The number of pyridine rings is 1. The van der Waals surface area contributed by atoms with Gasteiger partial charge in [0.25, 0.3) is 0 Å². The first kappa shape index (κ1) is 23.5. The molecule has 0 unspecified atom stereocenters. The van der Waals surface area contributed by atoms with Gasteiger partial charge in [-0.05, 0) is 31.4 Å². The SMILES string of the molecule is CSCCNc1ncc(Cl)c(N(/C(=C\C=O)CN=O)c2c(Cl)cccc2Cl)c1C. The van der Waals surface area contributed by atoms with E-state index >= 15 is 0 Å². The Morgan fingerprint density at radius 3 is 2.52 bits per heavy atom. The molecule has 0 radical (unpaired) electrons. The standard InChI is InChI=1S/C19H19Cl3N4O2S/c1-12-17(16(22)11-24-19(12)23-7-9-29-2)26(13(6-8-27)10-25-28)18-14(20)4-3-5-15(18)21/h3-6,8,11H,7,9-10H2,1-2H3,(H,23,24)/b13-6-. The molecule has 0 spiro atoms. The quantitative estimate of drug-likeness (QED) is 0.194. The molecule has 29 heavy (non-hydrogen) atoms.